The fraction of sp³-hybridized carbons (Fsp3) is 0.462. The van der Waals surface area contributed by atoms with Crippen LogP contribution in [0.2, 0.25) is 0 Å². The van der Waals surface area contributed by atoms with Crippen LogP contribution in [0.25, 0.3) is 0 Å². The molecule has 0 radical (unpaired) electrons. The largest absolute Gasteiger partial charge is 0.495 e. The molecule has 1 atom stereocenters. The van der Waals surface area contributed by atoms with Crippen molar-refractivity contribution in [3.05, 3.63) is 24.3 Å². The first-order valence-corrected chi connectivity index (χ1v) is 6.07. The zero-order valence-corrected chi connectivity index (χ0v) is 10.9. The Labute approximate surface area is 108 Å². The minimum absolute atomic E-state index is 0.170. The van der Waals surface area contributed by atoms with Crippen LogP contribution in [0, 0.1) is 0 Å². The molecule has 5 heteroatoms. The number of nitrogens with one attached hydrogen (secondary N) is 2. The normalized spacial score (nSPS) is 11.7. The van der Waals surface area contributed by atoms with Gasteiger partial charge >= 0.3 is 6.03 Å². The number of carbonyl (C=O) groups excluding carboxylic acids is 1. The van der Waals surface area contributed by atoms with Gasteiger partial charge in [0.05, 0.1) is 12.8 Å². The van der Waals surface area contributed by atoms with E-state index in [4.69, 9.17) is 10.5 Å². The van der Waals surface area contributed by atoms with Gasteiger partial charge in [0.2, 0.25) is 0 Å². The molecule has 0 aliphatic carbocycles. The second-order valence-electron chi connectivity index (χ2n) is 4.20. The summed E-state index contributed by atoms with van der Waals surface area (Å²) in [6.45, 7) is 2.57. The molecule has 0 saturated heterocycles. The Balaban J connectivity index is 2.35. The molecule has 0 heterocycles. The first-order chi connectivity index (χ1) is 8.63. The number of urea groups is 1. The average Bonchev–Trinajstić information content (AvgIpc) is 2.35. The van der Waals surface area contributed by atoms with Gasteiger partial charge in [-0.2, -0.15) is 0 Å². The zero-order valence-electron chi connectivity index (χ0n) is 10.9. The van der Waals surface area contributed by atoms with Crippen LogP contribution in [0.15, 0.2) is 24.3 Å². The highest BCUT2D eigenvalue weighted by atomic mass is 16.5. The molecule has 0 aromatic heterocycles. The molecule has 2 amide bonds. The van der Waals surface area contributed by atoms with E-state index < -0.39 is 0 Å². The Bertz CT molecular complexity index is 380. The van der Waals surface area contributed by atoms with E-state index in [1.54, 1.807) is 19.2 Å². The number of ether oxygens (including phenoxy) is 1. The number of rotatable bonds is 6. The molecule has 4 N–H and O–H groups in total. The van der Waals surface area contributed by atoms with Crippen LogP contribution in [0.4, 0.5) is 10.5 Å². The highest BCUT2D eigenvalue weighted by molar-refractivity contribution is 5.90. The maximum atomic E-state index is 11.6. The molecule has 0 bridgehead atoms. The predicted octanol–water partition coefficient (Wildman–Crippen LogP) is 1.94. The number of hydrogen-bond acceptors (Lipinski definition) is 3. The quantitative estimate of drug-likeness (QED) is 0.676. The number of anilines is 1. The van der Waals surface area contributed by atoms with Crippen molar-refractivity contribution in [2.75, 3.05) is 19.0 Å². The third-order valence-electron chi connectivity index (χ3n) is 2.48. The molecule has 1 aromatic carbocycles. The van der Waals surface area contributed by atoms with E-state index in [2.05, 4.69) is 10.6 Å². The predicted molar refractivity (Wildman–Crippen MR) is 72.9 cm³/mol. The van der Waals surface area contributed by atoms with E-state index in [0.717, 1.165) is 12.8 Å². The van der Waals surface area contributed by atoms with E-state index in [9.17, 15) is 4.79 Å². The summed E-state index contributed by atoms with van der Waals surface area (Å²) >= 11 is 0. The summed E-state index contributed by atoms with van der Waals surface area (Å²) in [5.74, 6) is 0.642. The number of hydrogen-bond donors (Lipinski definition) is 3. The number of benzene rings is 1. The van der Waals surface area contributed by atoms with Crippen molar-refractivity contribution in [2.24, 2.45) is 5.73 Å². The van der Waals surface area contributed by atoms with Gasteiger partial charge in [0, 0.05) is 12.6 Å². The van der Waals surface area contributed by atoms with Gasteiger partial charge in [-0.15, -0.1) is 0 Å². The van der Waals surface area contributed by atoms with Crippen molar-refractivity contribution in [3.8, 4) is 5.75 Å². The van der Waals surface area contributed by atoms with Crippen molar-refractivity contribution < 1.29 is 9.53 Å². The van der Waals surface area contributed by atoms with Crippen LogP contribution in [0.1, 0.15) is 19.8 Å². The van der Waals surface area contributed by atoms with Crippen molar-refractivity contribution in [2.45, 2.75) is 25.8 Å². The Morgan fingerprint density at radius 2 is 2.17 bits per heavy atom. The number of nitrogens with two attached hydrogens (primary N) is 1. The molecular weight excluding hydrogens is 230 g/mol. The summed E-state index contributed by atoms with van der Waals surface area (Å²) in [6.07, 6.45) is 1.77. The summed E-state index contributed by atoms with van der Waals surface area (Å²) < 4.78 is 5.14. The van der Waals surface area contributed by atoms with E-state index in [1.807, 2.05) is 19.1 Å². The third-order valence-corrected chi connectivity index (χ3v) is 2.48. The van der Waals surface area contributed by atoms with E-state index in [0.29, 0.717) is 18.0 Å². The summed E-state index contributed by atoms with van der Waals surface area (Å²) in [5, 5.41) is 5.52. The van der Waals surface area contributed by atoms with Crippen LogP contribution in [0.3, 0.4) is 0 Å². The van der Waals surface area contributed by atoms with Crippen molar-refractivity contribution in [1.82, 2.24) is 5.32 Å². The Hall–Kier alpha value is -1.75. The monoisotopic (exact) mass is 251 g/mol. The average molecular weight is 251 g/mol. The lowest BCUT2D eigenvalue weighted by molar-refractivity contribution is 0.251. The SMILES string of the molecule is COc1ccccc1NC(=O)NCCCC(C)N. The first-order valence-electron chi connectivity index (χ1n) is 6.07. The molecule has 0 aliphatic rings. The number of carbonyl (C=O) groups is 1. The minimum Gasteiger partial charge on any atom is -0.495 e. The zero-order chi connectivity index (χ0) is 13.4. The molecule has 0 aliphatic heterocycles. The Morgan fingerprint density at radius 3 is 2.83 bits per heavy atom. The molecule has 0 saturated carbocycles. The molecule has 100 valence electrons. The lowest BCUT2D eigenvalue weighted by Gasteiger charge is -2.11. The molecule has 1 rings (SSSR count). The van der Waals surface area contributed by atoms with Crippen LogP contribution in [0.5, 0.6) is 5.75 Å². The lowest BCUT2D eigenvalue weighted by atomic mass is 10.2. The van der Waals surface area contributed by atoms with Gasteiger partial charge in [-0.05, 0) is 31.9 Å². The lowest BCUT2D eigenvalue weighted by Crippen LogP contribution is -2.30. The van der Waals surface area contributed by atoms with Crippen LogP contribution < -0.4 is 21.1 Å². The molecule has 5 nitrogen and oxygen atoms in total. The molecule has 1 aromatic rings. The summed E-state index contributed by atoms with van der Waals surface area (Å²) in [4.78, 5) is 11.6. The van der Waals surface area contributed by atoms with Crippen LogP contribution >= 0.6 is 0 Å². The topological polar surface area (TPSA) is 76.4 Å². The number of para-hydroxylation sites is 2. The fourth-order valence-electron chi connectivity index (χ4n) is 1.54. The fourth-order valence-corrected chi connectivity index (χ4v) is 1.54. The maximum absolute atomic E-state index is 11.6. The van der Waals surface area contributed by atoms with Gasteiger partial charge in [0.1, 0.15) is 5.75 Å². The standard InChI is InChI=1S/C13H21N3O2/c1-10(14)6-5-9-15-13(17)16-11-7-3-4-8-12(11)18-2/h3-4,7-8,10H,5-6,9,14H2,1-2H3,(H2,15,16,17). The van der Waals surface area contributed by atoms with Crippen LogP contribution in [-0.4, -0.2) is 25.7 Å². The van der Waals surface area contributed by atoms with Gasteiger partial charge in [-0.3, -0.25) is 0 Å². The summed E-state index contributed by atoms with van der Waals surface area (Å²) in [7, 11) is 1.57. The van der Waals surface area contributed by atoms with Crippen molar-refractivity contribution in [1.29, 1.82) is 0 Å². The van der Waals surface area contributed by atoms with Gasteiger partial charge < -0.3 is 21.1 Å². The highest BCUT2D eigenvalue weighted by Gasteiger charge is 2.05. The minimum atomic E-state index is -0.232. The molecule has 1 unspecified atom stereocenters. The van der Waals surface area contributed by atoms with E-state index in [-0.39, 0.29) is 12.1 Å². The van der Waals surface area contributed by atoms with Gasteiger partial charge in [-0.25, -0.2) is 4.79 Å². The van der Waals surface area contributed by atoms with Gasteiger partial charge in [0.25, 0.3) is 0 Å². The third kappa shape index (κ3) is 5.05. The molecule has 18 heavy (non-hydrogen) atoms. The van der Waals surface area contributed by atoms with Gasteiger partial charge in [-0.1, -0.05) is 12.1 Å². The number of amides is 2. The second kappa shape index (κ2) is 7.55. The molecule has 0 fully saturated rings. The van der Waals surface area contributed by atoms with Crippen molar-refractivity contribution in [3.63, 3.8) is 0 Å². The second-order valence-corrected chi connectivity index (χ2v) is 4.20. The van der Waals surface area contributed by atoms with Gasteiger partial charge in [0.15, 0.2) is 0 Å². The summed E-state index contributed by atoms with van der Waals surface area (Å²) in [5.41, 5.74) is 6.28. The first kappa shape index (κ1) is 14.3. The Kier molecular flexibility index (Phi) is 6.00. The summed E-state index contributed by atoms with van der Waals surface area (Å²) in [6, 6.07) is 7.22. The van der Waals surface area contributed by atoms with Crippen molar-refractivity contribution >= 4 is 11.7 Å². The van der Waals surface area contributed by atoms with Crippen LogP contribution in [-0.2, 0) is 0 Å². The maximum Gasteiger partial charge on any atom is 0.319 e. The Morgan fingerprint density at radius 1 is 1.44 bits per heavy atom. The van der Waals surface area contributed by atoms with E-state index in [1.165, 1.54) is 0 Å². The molecular formula is C13H21N3O2. The molecule has 0 spiro atoms. The smallest absolute Gasteiger partial charge is 0.319 e. The highest BCUT2D eigenvalue weighted by Crippen LogP contribution is 2.22. The number of methoxy groups -OCH3 is 1. The van der Waals surface area contributed by atoms with E-state index >= 15 is 0 Å².